The zero-order chi connectivity index (χ0) is 21.1. The van der Waals surface area contributed by atoms with Gasteiger partial charge in [0.05, 0.1) is 18.0 Å². The monoisotopic (exact) mass is 407 g/mol. The Labute approximate surface area is 165 Å². The molecule has 3 rings (SSSR count). The number of hydrogen-bond donors (Lipinski definition) is 3. The van der Waals surface area contributed by atoms with Gasteiger partial charge < -0.3 is 15.6 Å². The molecule has 6 nitrogen and oxygen atoms in total. The van der Waals surface area contributed by atoms with Gasteiger partial charge in [0.2, 0.25) is 5.91 Å². The van der Waals surface area contributed by atoms with E-state index in [2.05, 4.69) is 26.5 Å². The smallest absolute Gasteiger partial charge is 0.277 e. The van der Waals surface area contributed by atoms with E-state index in [1.54, 1.807) is 14.0 Å². The van der Waals surface area contributed by atoms with Gasteiger partial charge in [-0.3, -0.25) is 9.59 Å². The molecule has 29 heavy (non-hydrogen) atoms. The Balaban J connectivity index is 1.67. The number of carbonyl (C=O) groups is 1. The number of halogens is 3. The lowest BCUT2D eigenvalue weighted by Gasteiger charge is -2.33. The Morgan fingerprint density at radius 2 is 2.07 bits per heavy atom. The van der Waals surface area contributed by atoms with Gasteiger partial charge in [-0.2, -0.15) is 0 Å². The van der Waals surface area contributed by atoms with Crippen LogP contribution in [0.1, 0.15) is 18.9 Å². The first-order valence-electron chi connectivity index (χ1n) is 9.30. The molecule has 1 aliphatic rings. The van der Waals surface area contributed by atoms with E-state index in [0.29, 0.717) is 6.54 Å². The molecule has 3 unspecified atom stereocenters. The van der Waals surface area contributed by atoms with Gasteiger partial charge in [0.25, 0.3) is 18.7 Å². The lowest BCUT2D eigenvalue weighted by molar-refractivity contribution is -0.121. The van der Waals surface area contributed by atoms with Crippen LogP contribution in [0.25, 0.3) is 15.7 Å². The first kappa shape index (κ1) is 20.9. The first-order valence-corrected chi connectivity index (χ1v) is 9.30. The molecule has 0 radical (unpaired) electrons. The summed E-state index contributed by atoms with van der Waals surface area (Å²) in [4.78, 5) is 30.8. The maximum absolute atomic E-state index is 14.4. The van der Waals surface area contributed by atoms with Crippen LogP contribution >= 0.6 is 0 Å². The molecule has 3 N–H and O–H groups in total. The zero-order valence-electron chi connectivity index (χ0n) is 16.1. The first-order chi connectivity index (χ1) is 13.8. The fourth-order valence-electron chi connectivity index (χ4n) is 3.62. The molecule has 2 aromatic rings. The molecule has 0 bridgehead atoms. The Hall–Kier alpha value is -2.86. The molecule has 154 valence electrons. The lowest BCUT2D eigenvalue weighted by atomic mass is 9.90. The second-order valence-corrected chi connectivity index (χ2v) is 7.25. The van der Waals surface area contributed by atoms with Crippen molar-refractivity contribution in [2.24, 2.45) is 5.92 Å². The van der Waals surface area contributed by atoms with Gasteiger partial charge in [-0.25, -0.2) is 13.2 Å². The van der Waals surface area contributed by atoms with Gasteiger partial charge in [0.15, 0.2) is 11.6 Å². The molecule has 0 spiro atoms. The average molecular weight is 407 g/mol. The molecule has 1 aromatic carbocycles. The van der Waals surface area contributed by atoms with Crippen LogP contribution in [-0.2, 0) is 11.2 Å². The van der Waals surface area contributed by atoms with Crippen LogP contribution in [0.15, 0.2) is 23.0 Å². The second kappa shape index (κ2) is 8.66. The number of hydrogen-bond acceptors (Lipinski definition) is 3. The van der Waals surface area contributed by atoms with E-state index >= 15 is 0 Å². The summed E-state index contributed by atoms with van der Waals surface area (Å²) in [6.07, 6.45) is -1.18. The largest absolute Gasteiger partial charge is 0.352 e. The standard InChI is InChI=1S/C20H21F3N4O2/c1-10(19-16(23)3-11(8-24-2)9-25-19)26-18(28)6-13-4-12-5-14(21)15(22)7-17(12)27-20(13)29/h4-5,7,10-11,16,19,25H,3,6,9H2,1-2H3,(H-,26,27,28,29)/p+1/t10-,11?,16?,19?/m1/s1. The van der Waals surface area contributed by atoms with E-state index in [9.17, 15) is 22.8 Å². The van der Waals surface area contributed by atoms with E-state index in [0.717, 1.165) is 12.1 Å². The van der Waals surface area contributed by atoms with E-state index in [1.165, 1.54) is 6.07 Å². The molecule has 1 amide bonds. The van der Waals surface area contributed by atoms with E-state index < -0.39 is 41.4 Å². The predicted octanol–water partition coefficient (Wildman–Crippen LogP) is 2.13. The van der Waals surface area contributed by atoms with Gasteiger partial charge in [-0.05, 0) is 19.1 Å². The Kier molecular flexibility index (Phi) is 6.23. The molecule has 1 aromatic heterocycles. The van der Waals surface area contributed by atoms with Crippen molar-refractivity contribution in [3.05, 3.63) is 50.6 Å². The summed E-state index contributed by atoms with van der Waals surface area (Å²) in [5, 5.41) is 6.04. The van der Waals surface area contributed by atoms with Gasteiger partial charge >= 0.3 is 0 Å². The van der Waals surface area contributed by atoms with Crippen LogP contribution in [0.3, 0.4) is 0 Å². The highest BCUT2D eigenvalue weighted by atomic mass is 19.2. The van der Waals surface area contributed by atoms with Gasteiger partial charge in [0, 0.05) is 36.0 Å². The maximum Gasteiger partial charge on any atom is 0.277 e. The number of carbonyl (C=O) groups excluding carboxylic acids is 1. The fraction of sp³-hybridized carbons (Fsp3) is 0.450. The lowest BCUT2D eigenvalue weighted by Crippen LogP contribution is -2.57. The van der Waals surface area contributed by atoms with Crippen molar-refractivity contribution in [2.75, 3.05) is 13.6 Å². The molecule has 0 saturated carbocycles. The molecule has 0 aliphatic carbocycles. The van der Waals surface area contributed by atoms with E-state index in [-0.39, 0.29) is 35.2 Å². The number of piperidine rings is 1. The molecule has 2 heterocycles. The number of benzene rings is 1. The molecular weight excluding hydrogens is 385 g/mol. The molecule has 1 fully saturated rings. The third kappa shape index (κ3) is 4.77. The topological polar surface area (TPSA) is 78.3 Å². The summed E-state index contributed by atoms with van der Waals surface area (Å²) < 4.78 is 41.2. The van der Waals surface area contributed by atoms with Crippen molar-refractivity contribution in [1.29, 1.82) is 0 Å². The molecule has 1 saturated heterocycles. The van der Waals surface area contributed by atoms with E-state index in [1.807, 2.05) is 0 Å². The van der Waals surface area contributed by atoms with Crippen molar-refractivity contribution in [1.82, 2.24) is 15.6 Å². The number of fused-ring (bicyclic) bond motifs is 1. The Morgan fingerprint density at radius 1 is 1.34 bits per heavy atom. The van der Waals surface area contributed by atoms with Gasteiger partial charge in [0.1, 0.15) is 12.1 Å². The molecule has 1 aliphatic heterocycles. The SMILES string of the molecule is C[N+]#CC1CNC([C@@H](C)NC(=O)Cc2cc3cc(F)c(F)cc3[nH]c2=O)C(F)C1. The number of rotatable bonds is 4. The highest BCUT2D eigenvalue weighted by molar-refractivity contribution is 5.83. The average Bonchev–Trinajstić information content (AvgIpc) is 2.64. The maximum atomic E-state index is 14.4. The molecular formula is C20H22F3N4O2+. The number of aromatic amines is 1. The minimum atomic E-state index is -1.18. The van der Waals surface area contributed by atoms with Crippen LogP contribution < -0.4 is 16.2 Å². The molecule has 9 heteroatoms. The third-order valence-electron chi connectivity index (χ3n) is 5.05. The molecule has 4 atom stereocenters. The normalized spacial score (nSPS) is 22.6. The summed E-state index contributed by atoms with van der Waals surface area (Å²) in [5.41, 5.74) is -0.321. The van der Waals surface area contributed by atoms with Crippen LogP contribution in [0.4, 0.5) is 13.2 Å². The van der Waals surface area contributed by atoms with Crippen LogP contribution in [0.5, 0.6) is 0 Å². The number of alkyl halides is 1. The minimum Gasteiger partial charge on any atom is -0.352 e. The summed E-state index contributed by atoms with van der Waals surface area (Å²) in [7, 11) is 1.58. The van der Waals surface area contributed by atoms with Crippen LogP contribution in [0, 0.1) is 23.6 Å². The van der Waals surface area contributed by atoms with Crippen molar-refractivity contribution in [3.63, 3.8) is 0 Å². The fourth-order valence-corrected chi connectivity index (χ4v) is 3.62. The Morgan fingerprint density at radius 3 is 2.76 bits per heavy atom. The Bertz CT molecular complexity index is 1040. The summed E-state index contributed by atoms with van der Waals surface area (Å²) >= 11 is 0. The summed E-state index contributed by atoms with van der Waals surface area (Å²) in [6, 6.07) is 4.94. The van der Waals surface area contributed by atoms with Crippen molar-refractivity contribution in [3.8, 4) is 6.07 Å². The quantitative estimate of drug-likeness (QED) is 0.727. The van der Waals surface area contributed by atoms with E-state index in [4.69, 9.17) is 0 Å². The highest BCUT2D eigenvalue weighted by Crippen LogP contribution is 2.20. The van der Waals surface area contributed by atoms with Crippen LogP contribution in [-0.4, -0.2) is 42.7 Å². The van der Waals surface area contributed by atoms with Crippen LogP contribution in [0.2, 0.25) is 0 Å². The second-order valence-electron chi connectivity index (χ2n) is 7.25. The highest BCUT2D eigenvalue weighted by Gasteiger charge is 2.35. The number of H-pyrrole nitrogens is 1. The summed E-state index contributed by atoms with van der Waals surface area (Å²) in [5.74, 6) is -2.70. The van der Waals surface area contributed by atoms with Gasteiger partial charge in [-0.1, -0.05) is 4.85 Å². The number of pyridine rings is 1. The van der Waals surface area contributed by atoms with Crippen molar-refractivity contribution < 1.29 is 18.0 Å². The third-order valence-corrected chi connectivity index (χ3v) is 5.05. The van der Waals surface area contributed by atoms with Crippen molar-refractivity contribution in [2.45, 2.75) is 38.0 Å². The number of nitrogens with one attached hydrogen (secondary N) is 3. The number of nitrogens with zero attached hydrogens (tertiary/aromatic N) is 1. The number of amides is 1. The number of aromatic nitrogens is 1. The zero-order valence-corrected chi connectivity index (χ0v) is 16.1. The predicted molar refractivity (Wildman–Crippen MR) is 104 cm³/mol. The van der Waals surface area contributed by atoms with Crippen molar-refractivity contribution >= 4 is 16.8 Å². The summed E-state index contributed by atoms with van der Waals surface area (Å²) in [6.45, 7) is 2.19. The minimum absolute atomic E-state index is 0.107. The van der Waals surface area contributed by atoms with Gasteiger partial charge in [-0.15, -0.1) is 0 Å².